The molecule has 0 heterocycles. The summed E-state index contributed by atoms with van der Waals surface area (Å²) in [7, 11) is 1.52. The van der Waals surface area contributed by atoms with Crippen LogP contribution in [0.5, 0.6) is 11.5 Å². The molecule has 0 aliphatic rings. The SMILES string of the molecule is COc1ccc(O)c(NC(=S)NC(=O)c2ccc(C(C)C)cc2)c1. The highest BCUT2D eigenvalue weighted by atomic mass is 32.1. The molecule has 6 heteroatoms. The fourth-order valence-corrected chi connectivity index (χ4v) is 2.29. The molecule has 0 saturated carbocycles. The van der Waals surface area contributed by atoms with Gasteiger partial charge in [-0.25, -0.2) is 0 Å². The highest BCUT2D eigenvalue weighted by Gasteiger charge is 2.10. The zero-order valence-corrected chi connectivity index (χ0v) is 14.6. The number of phenolic OH excluding ortho intramolecular Hbond substituents is 1. The van der Waals surface area contributed by atoms with Crippen LogP contribution in [-0.4, -0.2) is 23.2 Å². The van der Waals surface area contributed by atoms with Crippen molar-refractivity contribution in [2.75, 3.05) is 12.4 Å². The van der Waals surface area contributed by atoms with Crippen LogP contribution in [0.4, 0.5) is 5.69 Å². The van der Waals surface area contributed by atoms with E-state index in [1.807, 2.05) is 12.1 Å². The van der Waals surface area contributed by atoms with Gasteiger partial charge in [-0.15, -0.1) is 0 Å². The maximum Gasteiger partial charge on any atom is 0.257 e. The molecule has 24 heavy (non-hydrogen) atoms. The van der Waals surface area contributed by atoms with Crippen LogP contribution in [0.2, 0.25) is 0 Å². The lowest BCUT2D eigenvalue weighted by molar-refractivity contribution is 0.0977. The molecule has 0 radical (unpaired) electrons. The number of ether oxygens (including phenoxy) is 1. The van der Waals surface area contributed by atoms with Crippen molar-refractivity contribution >= 4 is 28.9 Å². The molecule has 0 aliphatic carbocycles. The lowest BCUT2D eigenvalue weighted by Gasteiger charge is -2.12. The minimum absolute atomic E-state index is 0.00804. The second-order valence-corrected chi connectivity index (χ2v) is 5.98. The summed E-state index contributed by atoms with van der Waals surface area (Å²) in [6.45, 7) is 4.18. The maximum atomic E-state index is 12.2. The van der Waals surface area contributed by atoms with Crippen molar-refractivity contribution in [3.63, 3.8) is 0 Å². The van der Waals surface area contributed by atoms with Crippen LogP contribution in [-0.2, 0) is 0 Å². The molecule has 0 atom stereocenters. The fraction of sp³-hybridized carbons (Fsp3) is 0.222. The lowest BCUT2D eigenvalue weighted by Crippen LogP contribution is -2.34. The Morgan fingerprint density at radius 2 is 1.83 bits per heavy atom. The molecule has 0 unspecified atom stereocenters. The average Bonchev–Trinajstić information content (AvgIpc) is 2.56. The molecule has 0 spiro atoms. The third-order valence-corrected chi connectivity index (χ3v) is 3.72. The number of nitrogens with one attached hydrogen (secondary N) is 2. The van der Waals surface area contributed by atoms with Crippen molar-refractivity contribution in [3.05, 3.63) is 53.6 Å². The molecule has 3 N–H and O–H groups in total. The summed E-state index contributed by atoms with van der Waals surface area (Å²) in [5.74, 6) is 0.661. The van der Waals surface area contributed by atoms with Gasteiger partial charge in [-0.2, -0.15) is 0 Å². The number of carbonyl (C=O) groups excluding carboxylic acids is 1. The highest BCUT2D eigenvalue weighted by Crippen LogP contribution is 2.27. The largest absolute Gasteiger partial charge is 0.506 e. The Hall–Kier alpha value is -2.60. The summed E-state index contributed by atoms with van der Waals surface area (Å²) in [5, 5.41) is 15.3. The van der Waals surface area contributed by atoms with E-state index in [0.717, 1.165) is 5.56 Å². The normalized spacial score (nSPS) is 10.3. The van der Waals surface area contributed by atoms with Gasteiger partial charge in [0.05, 0.1) is 12.8 Å². The second-order valence-electron chi connectivity index (χ2n) is 5.57. The third kappa shape index (κ3) is 4.45. The maximum absolute atomic E-state index is 12.2. The van der Waals surface area contributed by atoms with E-state index in [-0.39, 0.29) is 16.8 Å². The topological polar surface area (TPSA) is 70.6 Å². The first-order valence-corrected chi connectivity index (χ1v) is 7.91. The van der Waals surface area contributed by atoms with Gasteiger partial charge in [0.2, 0.25) is 0 Å². The first kappa shape index (κ1) is 17.7. The van der Waals surface area contributed by atoms with Gasteiger partial charge in [-0.1, -0.05) is 26.0 Å². The van der Waals surface area contributed by atoms with Crippen molar-refractivity contribution < 1.29 is 14.6 Å². The molecular weight excluding hydrogens is 324 g/mol. The summed E-state index contributed by atoms with van der Waals surface area (Å²) < 4.78 is 5.09. The summed E-state index contributed by atoms with van der Waals surface area (Å²) in [4.78, 5) is 12.2. The molecule has 0 bridgehead atoms. The number of rotatable bonds is 4. The van der Waals surface area contributed by atoms with Gasteiger partial charge >= 0.3 is 0 Å². The number of amides is 1. The average molecular weight is 344 g/mol. The molecule has 0 aromatic heterocycles. The highest BCUT2D eigenvalue weighted by molar-refractivity contribution is 7.80. The quantitative estimate of drug-likeness (QED) is 0.583. The Kier molecular flexibility index (Phi) is 5.76. The van der Waals surface area contributed by atoms with E-state index >= 15 is 0 Å². The van der Waals surface area contributed by atoms with Crippen LogP contribution in [0, 0.1) is 0 Å². The predicted octanol–water partition coefficient (Wildman–Crippen LogP) is 3.65. The van der Waals surface area contributed by atoms with Crippen molar-refractivity contribution in [3.8, 4) is 11.5 Å². The van der Waals surface area contributed by atoms with Gasteiger partial charge < -0.3 is 15.2 Å². The molecule has 5 nitrogen and oxygen atoms in total. The smallest absolute Gasteiger partial charge is 0.257 e. The first-order chi connectivity index (χ1) is 11.4. The molecule has 2 aromatic rings. The van der Waals surface area contributed by atoms with Crippen molar-refractivity contribution in [2.24, 2.45) is 0 Å². The molecule has 1 amide bonds. The molecule has 2 rings (SSSR count). The minimum Gasteiger partial charge on any atom is -0.506 e. The van der Waals surface area contributed by atoms with Crippen LogP contribution in [0.1, 0.15) is 35.7 Å². The monoisotopic (exact) mass is 344 g/mol. The molecule has 126 valence electrons. The van der Waals surface area contributed by atoms with Crippen LogP contribution in [0.15, 0.2) is 42.5 Å². The van der Waals surface area contributed by atoms with Gasteiger partial charge in [0.25, 0.3) is 5.91 Å². The van der Waals surface area contributed by atoms with E-state index in [9.17, 15) is 9.90 Å². The Balaban J connectivity index is 2.02. The standard InChI is InChI=1S/C18H20N2O3S/c1-11(2)12-4-6-13(7-5-12)17(22)20-18(24)19-15-10-14(23-3)8-9-16(15)21/h4-11,21H,1-3H3,(H2,19,20,22,24). The van der Waals surface area contributed by atoms with Crippen LogP contribution >= 0.6 is 12.2 Å². The Labute approximate surface area is 146 Å². The molecular formula is C18H20N2O3S. The molecule has 0 fully saturated rings. The van der Waals surface area contributed by atoms with Gasteiger partial charge in [-0.3, -0.25) is 10.1 Å². The zero-order chi connectivity index (χ0) is 17.7. The summed E-state index contributed by atoms with van der Waals surface area (Å²) >= 11 is 5.12. The van der Waals surface area contributed by atoms with Gasteiger partial charge in [0, 0.05) is 11.6 Å². The molecule has 0 saturated heterocycles. The lowest BCUT2D eigenvalue weighted by atomic mass is 10.0. The van der Waals surface area contributed by atoms with Crippen LogP contribution in [0.3, 0.4) is 0 Å². The molecule has 0 aliphatic heterocycles. The van der Waals surface area contributed by atoms with Gasteiger partial charge in [-0.05, 0) is 48.0 Å². The number of hydrogen-bond donors (Lipinski definition) is 3. The number of phenols is 1. The zero-order valence-electron chi connectivity index (χ0n) is 13.8. The Bertz CT molecular complexity index is 742. The van der Waals surface area contributed by atoms with Crippen molar-refractivity contribution in [1.82, 2.24) is 5.32 Å². The molecule has 2 aromatic carbocycles. The Morgan fingerprint density at radius 1 is 1.17 bits per heavy atom. The van der Waals surface area contributed by atoms with Crippen molar-refractivity contribution in [2.45, 2.75) is 19.8 Å². The van der Waals surface area contributed by atoms with E-state index in [2.05, 4.69) is 24.5 Å². The second kappa shape index (κ2) is 7.79. The minimum atomic E-state index is -0.315. The summed E-state index contributed by atoms with van der Waals surface area (Å²) in [6.07, 6.45) is 0. The summed E-state index contributed by atoms with van der Waals surface area (Å²) in [5.41, 5.74) is 2.03. The van der Waals surface area contributed by atoms with E-state index in [4.69, 9.17) is 17.0 Å². The van der Waals surface area contributed by atoms with Crippen LogP contribution in [0.25, 0.3) is 0 Å². The first-order valence-electron chi connectivity index (χ1n) is 7.50. The number of thiocarbonyl (C=S) groups is 1. The van der Waals surface area contributed by atoms with E-state index < -0.39 is 0 Å². The number of anilines is 1. The predicted molar refractivity (Wildman–Crippen MR) is 98.9 cm³/mol. The summed E-state index contributed by atoms with van der Waals surface area (Å²) in [6, 6.07) is 12.1. The van der Waals surface area contributed by atoms with Crippen molar-refractivity contribution in [1.29, 1.82) is 0 Å². The van der Waals surface area contributed by atoms with Crippen LogP contribution < -0.4 is 15.4 Å². The number of methoxy groups -OCH3 is 1. The van der Waals surface area contributed by atoms with E-state index in [1.54, 1.807) is 24.3 Å². The third-order valence-electron chi connectivity index (χ3n) is 3.52. The number of aromatic hydroxyl groups is 1. The number of carbonyl (C=O) groups is 1. The fourth-order valence-electron chi connectivity index (χ4n) is 2.09. The van der Waals surface area contributed by atoms with E-state index in [1.165, 1.54) is 13.2 Å². The number of hydrogen-bond acceptors (Lipinski definition) is 4. The van der Waals surface area contributed by atoms with E-state index in [0.29, 0.717) is 22.9 Å². The Morgan fingerprint density at radius 3 is 2.42 bits per heavy atom. The van der Waals surface area contributed by atoms with Gasteiger partial charge in [0.15, 0.2) is 5.11 Å². The van der Waals surface area contributed by atoms with Gasteiger partial charge in [0.1, 0.15) is 11.5 Å². The number of benzene rings is 2.